The minimum atomic E-state index is -0.283. The maximum absolute atomic E-state index is 11.9. The van der Waals surface area contributed by atoms with Gasteiger partial charge in [0.25, 0.3) is 5.91 Å². The number of nitrogens with one attached hydrogen (secondary N) is 1. The van der Waals surface area contributed by atoms with Crippen LogP contribution < -0.4 is 5.32 Å². The molecule has 3 rings (SSSR count). The summed E-state index contributed by atoms with van der Waals surface area (Å²) in [5, 5.41) is 6.52. The Morgan fingerprint density at radius 3 is 2.70 bits per heavy atom. The number of aryl methyl sites for hydroxylation is 1. The van der Waals surface area contributed by atoms with Gasteiger partial charge in [-0.25, -0.2) is 0 Å². The van der Waals surface area contributed by atoms with Crippen LogP contribution in [0.2, 0.25) is 0 Å². The van der Waals surface area contributed by atoms with E-state index in [1.54, 1.807) is 18.3 Å². The van der Waals surface area contributed by atoms with Gasteiger partial charge in [0.15, 0.2) is 0 Å². The average Bonchev–Trinajstić information content (AvgIpc) is 3.04. The maximum atomic E-state index is 11.9. The Kier molecular flexibility index (Phi) is 4.29. The zero-order chi connectivity index (χ0) is 16.1. The fourth-order valence-electron chi connectivity index (χ4n) is 1.98. The van der Waals surface area contributed by atoms with Crippen LogP contribution in [-0.2, 0) is 4.79 Å². The van der Waals surface area contributed by atoms with Gasteiger partial charge in [0.05, 0.1) is 5.69 Å². The van der Waals surface area contributed by atoms with Crippen molar-refractivity contribution in [2.45, 2.75) is 6.92 Å². The number of hydrogen-bond donors (Lipinski definition) is 1. The van der Waals surface area contributed by atoms with E-state index in [0.717, 1.165) is 5.56 Å². The Hall–Kier alpha value is -3.21. The summed E-state index contributed by atoms with van der Waals surface area (Å²) < 4.78 is 5.10. The summed E-state index contributed by atoms with van der Waals surface area (Å²) in [6, 6.07) is 15.0. The highest BCUT2D eigenvalue weighted by Gasteiger charge is 2.08. The summed E-state index contributed by atoms with van der Waals surface area (Å²) in [6.07, 6.45) is 4.87. The molecule has 1 N–H and O–H groups in total. The van der Waals surface area contributed by atoms with Crippen molar-refractivity contribution in [2.75, 3.05) is 5.32 Å². The number of aromatic nitrogens is 2. The molecule has 2 heterocycles. The molecule has 2 aromatic heterocycles. The van der Waals surface area contributed by atoms with Crippen molar-refractivity contribution < 1.29 is 9.32 Å². The minimum absolute atomic E-state index is 0.282. The van der Waals surface area contributed by atoms with Gasteiger partial charge in [-0.2, -0.15) is 0 Å². The molecule has 1 amide bonds. The van der Waals surface area contributed by atoms with E-state index in [2.05, 4.69) is 15.5 Å². The molecule has 0 bridgehead atoms. The van der Waals surface area contributed by atoms with Gasteiger partial charge in [0, 0.05) is 18.3 Å². The lowest BCUT2D eigenvalue weighted by molar-refractivity contribution is -0.112. The van der Waals surface area contributed by atoms with Crippen LogP contribution in [0.4, 0.5) is 5.88 Å². The lowest BCUT2D eigenvalue weighted by atomic mass is 10.1. The molecule has 114 valence electrons. The second-order valence-electron chi connectivity index (χ2n) is 5.02. The predicted octanol–water partition coefficient (Wildman–Crippen LogP) is 3.70. The molecule has 1 aromatic carbocycles. The van der Waals surface area contributed by atoms with Crippen LogP contribution in [-0.4, -0.2) is 16.0 Å². The van der Waals surface area contributed by atoms with E-state index in [1.165, 1.54) is 11.6 Å². The van der Waals surface area contributed by atoms with E-state index in [4.69, 9.17) is 4.52 Å². The molecule has 5 heteroatoms. The molecular formula is C18H15N3O2. The third-order valence-electron chi connectivity index (χ3n) is 3.19. The van der Waals surface area contributed by atoms with E-state index in [0.29, 0.717) is 11.4 Å². The number of carbonyl (C=O) groups is 1. The van der Waals surface area contributed by atoms with Gasteiger partial charge in [0.1, 0.15) is 5.69 Å². The number of benzene rings is 1. The normalized spacial score (nSPS) is 10.8. The van der Waals surface area contributed by atoms with Crippen LogP contribution in [0.3, 0.4) is 0 Å². The van der Waals surface area contributed by atoms with Crippen LogP contribution in [0.5, 0.6) is 0 Å². The zero-order valence-electron chi connectivity index (χ0n) is 12.6. The van der Waals surface area contributed by atoms with Crippen molar-refractivity contribution in [3.05, 3.63) is 71.9 Å². The average molecular weight is 305 g/mol. The van der Waals surface area contributed by atoms with E-state index in [-0.39, 0.29) is 11.8 Å². The maximum Gasteiger partial charge on any atom is 0.250 e. The van der Waals surface area contributed by atoms with Gasteiger partial charge in [-0.3, -0.25) is 15.1 Å². The van der Waals surface area contributed by atoms with Crippen molar-refractivity contribution in [3.8, 4) is 11.4 Å². The summed E-state index contributed by atoms with van der Waals surface area (Å²) >= 11 is 0. The monoisotopic (exact) mass is 305 g/mol. The van der Waals surface area contributed by atoms with Crippen molar-refractivity contribution >= 4 is 17.9 Å². The molecule has 0 unspecified atom stereocenters. The van der Waals surface area contributed by atoms with Crippen LogP contribution in [0, 0.1) is 6.92 Å². The van der Waals surface area contributed by atoms with Gasteiger partial charge >= 0.3 is 0 Å². The van der Waals surface area contributed by atoms with E-state index in [1.807, 2.05) is 49.4 Å². The molecule has 0 saturated heterocycles. The molecule has 3 aromatic rings. The molecule has 0 atom stereocenters. The number of amides is 1. The summed E-state index contributed by atoms with van der Waals surface area (Å²) in [5.41, 5.74) is 3.39. The second-order valence-corrected chi connectivity index (χ2v) is 5.02. The summed E-state index contributed by atoms with van der Waals surface area (Å²) in [7, 11) is 0. The first kappa shape index (κ1) is 14.7. The fraction of sp³-hybridized carbons (Fsp3) is 0.0556. The highest BCUT2D eigenvalue weighted by Crippen LogP contribution is 2.19. The third-order valence-corrected chi connectivity index (χ3v) is 3.19. The first-order valence-electron chi connectivity index (χ1n) is 7.14. The number of hydrogen-bond acceptors (Lipinski definition) is 4. The first-order valence-corrected chi connectivity index (χ1v) is 7.14. The molecule has 0 fully saturated rings. The Morgan fingerprint density at radius 2 is 1.96 bits per heavy atom. The molecule has 0 aliphatic rings. The Bertz CT molecular complexity index is 821. The molecule has 5 nitrogen and oxygen atoms in total. The molecular weight excluding hydrogens is 290 g/mol. The number of nitrogens with zero attached hydrogens (tertiary/aromatic N) is 2. The van der Waals surface area contributed by atoms with Crippen LogP contribution in [0.15, 0.2) is 65.3 Å². The van der Waals surface area contributed by atoms with Gasteiger partial charge in [-0.15, -0.1) is 0 Å². The van der Waals surface area contributed by atoms with Gasteiger partial charge in [-0.05, 0) is 30.7 Å². The quantitative estimate of drug-likeness (QED) is 0.746. The van der Waals surface area contributed by atoms with E-state index in [9.17, 15) is 4.79 Å². The second kappa shape index (κ2) is 6.70. The highest BCUT2D eigenvalue weighted by atomic mass is 16.5. The smallest absolute Gasteiger partial charge is 0.250 e. The Morgan fingerprint density at radius 1 is 1.13 bits per heavy atom. The third kappa shape index (κ3) is 3.91. The molecule has 0 aliphatic heterocycles. The first-order chi connectivity index (χ1) is 11.2. The number of anilines is 1. The van der Waals surface area contributed by atoms with Crippen molar-refractivity contribution in [1.82, 2.24) is 10.1 Å². The van der Waals surface area contributed by atoms with Gasteiger partial charge < -0.3 is 4.52 Å². The molecule has 0 radical (unpaired) electrons. The molecule has 0 aliphatic carbocycles. The number of rotatable bonds is 4. The largest absolute Gasteiger partial charge is 0.338 e. The lowest BCUT2D eigenvalue weighted by Gasteiger charge is -1.96. The van der Waals surface area contributed by atoms with E-state index >= 15 is 0 Å². The summed E-state index contributed by atoms with van der Waals surface area (Å²) in [6.45, 7) is 2.02. The SMILES string of the molecule is Cc1ccc(/C=C/C(=O)Nc2cc(-c3ccccn3)no2)cc1. The van der Waals surface area contributed by atoms with Crippen molar-refractivity contribution in [2.24, 2.45) is 0 Å². The minimum Gasteiger partial charge on any atom is -0.338 e. The van der Waals surface area contributed by atoms with Gasteiger partial charge in [-0.1, -0.05) is 41.1 Å². The van der Waals surface area contributed by atoms with Gasteiger partial charge in [0.2, 0.25) is 5.88 Å². The fourth-order valence-corrected chi connectivity index (χ4v) is 1.98. The Balaban J connectivity index is 1.64. The topological polar surface area (TPSA) is 68.0 Å². The summed E-state index contributed by atoms with van der Waals surface area (Å²) in [5.74, 6) is -0.00138. The number of carbonyl (C=O) groups excluding carboxylic acids is 1. The van der Waals surface area contributed by atoms with Crippen LogP contribution in [0.1, 0.15) is 11.1 Å². The summed E-state index contributed by atoms with van der Waals surface area (Å²) in [4.78, 5) is 16.1. The Labute approximate surface area is 133 Å². The van der Waals surface area contributed by atoms with Crippen LogP contribution in [0.25, 0.3) is 17.5 Å². The van der Waals surface area contributed by atoms with Crippen LogP contribution >= 0.6 is 0 Å². The standard InChI is InChI=1S/C18H15N3O2/c1-13-5-7-14(8-6-13)9-10-17(22)20-18-12-16(21-23-18)15-4-2-3-11-19-15/h2-12H,1H3,(H,20,22)/b10-9+. The number of pyridine rings is 1. The van der Waals surface area contributed by atoms with Crippen molar-refractivity contribution in [3.63, 3.8) is 0 Å². The predicted molar refractivity (Wildman–Crippen MR) is 88.6 cm³/mol. The molecule has 23 heavy (non-hydrogen) atoms. The van der Waals surface area contributed by atoms with E-state index < -0.39 is 0 Å². The molecule has 0 spiro atoms. The van der Waals surface area contributed by atoms with Crippen molar-refractivity contribution in [1.29, 1.82) is 0 Å². The lowest BCUT2D eigenvalue weighted by Crippen LogP contribution is -2.06. The molecule has 0 saturated carbocycles. The zero-order valence-corrected chi connectivity index (χ0v) is 12.6. The highest BCUT2D eigenvalue weighted by molar-refractivity contribution is 6.01.